The van der Waals surface area contributed by atoms with Crippen molar-refractivity contribution in [3.63, 3.8) is 0 Å². The Kier molecular flexibility index (Phi) is 4.39. The van der Waals surface area contributed by atoms with E-state index in [0.717, 1.165) is 17.6 Å². The lowest BCUT2D eigenvalue weighted by Gasteiger charge is -2.35. The predicted molar refractivity (Wildman–Crippen MR) is 76.0 cm³/mol. The topological polar surface area (TPSA) is 41.1 Å². The van der Waals surface area contributed by atoms with Gasteiger partial charge in [0.05, 0.1) is 12.4 Å². The van der Waals surface area contributed by atoms with Crippen molar-refractivity contribution in [2.24, 2.45) is 5.92 Å². The predicted octanol–water partition coefficient (Wildman–Crippen LogP) is 2.92. The summed E-state index contributed by atoms with van der Waals surface area (Å²) in [7, 11) is 4.01. The van der Waals surface area contributed by atoms with Gasteiger partial charge >= 0.3 is 0 Å². The Morgan fingerprint density at radius 3 is 2.61 bits per heavy atom. The highest BCUT2D eigenvalue weighted by Crippen LogP contribution is 2.30. The molecule has 4 nitrogen and oxygen atoms in total. The molecule has 0 spiro atoms. The Bertz CT molecular complexity index is 372. The van der Waals surface area contributed by atoms with Crippen LogP contribution < -0.4 is 10.2 Å². The van der Waals surface area contributed by atoms with Crippen molar-refractivity contribution in [1.82, 2.24) is 9.97 Å². The maximum atomic E-state index is 4.56. The van der Waals surface area contributed by atoms with E-state index in [1.165, 1.54) is 32.1 Å². The summed E-state index contributed by atoms with van der Waals surface area (Å²) in [5.41, 5.74) is 0. The Balaban J connectivity index is 2.00. The van der Waals surface area contributed by atoms with Crippen LogP contribution in [0.2, 0.25) is 0 Å². The molecule has 2 rings (SSSR count). The van der Waals surface area contributed by atoms with Gasteiger partial charge in [-0.2, -0.15) is 0 Å². The molecule has 100 valence electrons. The number of anilines is 2. The average Bonchev–Trinajstić information content (AvgIpc) is 2.46. The second-order valence-electron chi connectivity index (χ2n) is 5.21. The molecule has 1 N–H and O–H groups in total. The highest BCUT2D eigenvalue weighted by Gasteiger charge is 2.23. The van der Waals surface area contributed by atoms with Crippen molar-refractivity contribution in [3.8, 4) is 0 Å². The second kappa shape index (κ2) is 6.03. The lowest BCUT2D eigenvalue weighted by molar-refractivity contribution is 0.313. The van der Waals surface area contributed by atoms with Gasteiger partial charge in [0.2, 0.25) is 0 Å². The lowest BCUT2D eigenvalue weighted by Crippen LogP contribution is -2.35. The van der Waals surface area contributed by atoms with Crippen molar-refractivity contribution in [1.29, 1.82) is 0 Å². The van der Waals surface area contributed by atoms with Gasteiger partial charge in [-0.05, 0) is 31.6 Å². The van der Waals surface area contributed by atoms with Crippen LogP contribution in [0.5, 0.6) is 0 Å². The van der Waals surface area contributed by atoms with E-state index in [2.05, 4.69) is 34.2 Å². The molecule has 0 bridgehead atoms. The Hall–Kier alpha value is -1.32. The number of nitrogens with zero attached hydrogens (tertiary/aromatic N) is 3. The monoisotopic (exact) mass is 248 g/mol. The maximum absolute atomic E-state index is 4.56. The summed E-state index contributed by atoms with van der Waals surface area (Å²) in [5.74, 6) is 2.74. The Labute approximate surface area is 110 Å². The van der Waals surface area contributed by atoms with Gasteiger partial charge < -0.3 is 10.2 Å². The van der Waals surface area contributed by atoms with Crippen molar-refractivity contribution >= 4 is 11.6 Å². The number of nitrogens with one attached hydrogen (secondary N) is 1. The van der Waals surface area contributed by atoms with Crippen LogP contribution in [0.25, 0.3) is 0 Å². The smallest absolute Gasteiger partial charge is 0.149 e. The van der Waals surface area contributed by atoms with E-state index in [1.54, 1.807) is 6.20 Å². The summed E-state index contributed by atoms with van der Waals surface area (Å²) in [4.78, 5) is 11.1. The minimum atomic E-state index is 0.620. The molecule has 0 saturated heterocycles. The fourth-order valence-electron chi connectivity index (χ4n) is 2.77. The van der Waals surface area contributed by atoms with Gasteiger partial charge in [0.25, 0.3) is 0 Å². The van der Waals surface area contributed by atoms with Gasteiger partial charge in [0, 0.05) is 20.1 Å². The molecular weight excluding hydrogens is 224 g/mol. The van der Waals surface area contributed by atoms with E-state index in [0.29, 0.717) is 6.04 Å². The van der Waals surface area contributed by atoms with Crippen LogP contribution in [0.3, 0.4) is 0 Å². The molecule has 1 aliphatic rings. The first-order valence-electron chi connectivity index (χ1n) is 6.97. The van der Waals surface area contributed by atoms with Crippen LogP contribution in [0.15, 0.2) is 12.4 Å². The van der Waals surface area contributed by atoms with Crippen LogP contribution in [-0.2, 0) is 0 Å². The molecule has 1 aromatic heterocycles. The van der Waals surface area contributed by atoms with Crippen molar-refractivity contribution < 1.29 is 0 Å². The van der Waals surface area contributed by atoms with Gasteiger partial charge in [0.1, 0.15) is 11.6 Å². The van der Waals surface area contributed by atoms with E-state index in [-0.39, 0.29) is 0 Å². The van der Waals surface area contributed by atoms with Crippen LogP contribution in [0.1, 0.15) is 39.0 Å². The second-order valence-corrected chi connectivity index (χ2v) is 5.21. The fraction of sp³-hybridized carbons (Fsp3) is 0.714. The van der Waals surface area contributed by atoms with Gasteiger partial charge in [-0.3, -0.25) is 4.98 Å². The fourth-order valence-corrected chi connectivity index (χ4v) is 2.77. The third-order valence-electron chi connectivity index (χ3n) is 4.18. The minimum Gasteiger partial charge on any atom is -0.372 e. The number of hydrogen-bond acceptors (Lipinski definition) is 4. The average molecular weight is 248 g/mol. The molecule has 0 aromatic carbocycles. The molecule has 1 aromatic rings. The summed E-state index contributed by atoms with van der Waals surface area (Å²) in [6.45, 7) is 2.30. The van der Waals surface area contributed by atoms with E-state index in [9.17, 15) is 0 Å². The highest BCUT2D eigenvalue weighted by molar-refractivity contribution is 5.43. The molecule has 0 atom stereocenters. The first kappa shape index (κ1) is 13.1. The highest BCUT2D eigenvalue weighted by atomic mass is 15.2. The zero-order valence-electron chi connectivity index (χ0n) is 11.7. The van der Waals surface area contributed by atoms with Crippen molar-refractivity contribution in [2.75, 3.05) is 24.3 Å². The molecule has 0 unspecified atom stereocenters. The Morgan fingerprint density at radius 2 is 2.00 bits per heavy atom. The molecule has 1 heterocycles. The third kappa shape index (κ3) is 2.92. The quantitative estimate of drug-likeness (QED) is 0.889. The Morgan fingerprint density at radius 1 is 1.28 bits per heavy atom. The first-order valence-corrected chi connectivity index (χ1v) is 6.97. The molecule has 4 heteroatoms. The minimum absolute atomic E-state index is 0.620. The van der Waals surface area contributed by atoms with E-state index < -0.39 is 0 Å². The lowest BCUT2D eigenvalue weighted by atomic mass is 9.84. The number of hydrogen-bond donors (Lipinski definition) is 1. The molecule has 1 aliphatic carbocycles. The SMILES string of the molecule is CCC1CCC(N(C)c2cncc(NC)n2)CC1. The largest absolute Gasteiger partial charge is 0.372 e. The van der Waals surface area contributed by atoms with Crippen LogP contribution >= 0.6 is 0 Å². The van der Waals surface area contributed by atoms with Crippen LogP contribution in [-0.4, -0.2) is 30.1 Å². The zero-order chi connectivity index (χ0) is 13.0. The summed E-state index contributed by atoms with van der Waals surface area (Å²) in [5, 5.41) is 3.04. The molecule has 0 amide bonds. The molecule has 1 saturated carbocycles. The standard InChI is InChI=1S/C14H24N4/c1-4-11-5-7-12(8-6-11)18(3)14-10-16-9-13(15-2)17-14/h9-12H,4-8H2,1-3H3,(H,15,17). The van der Waals surface area contributed by atoms with Gasteiger partial charge in [-0.1, -0.05) is 13.3 Å². The third-order valence-corrected chi connectivity index (χ3v) is 4.18. The number of aromatic nitrogens is 2. The van der Waals surface area contributed by atoms with Crippen molar-refractivity contribution in [3.05, 3.63) is 12.4 Å². The van der Waals surface area contributed by atoms with Gasteiger partial charge in [-0.15, -0.1) is 0 Å². The van der Waals surface area contributed by atoms with Crippen LogP contribution in [0.4, 0.5) is 11.6 Å². The first-order chi connectivity index (χ1) is 8.74. The summed E-state index contributed by atoms with van der Waals surface area (Å²) in [6, 6.07) is 0.620. The van der Waals surface area contributed by atoms with E-state index in [4.69, 9.17) is 0 Å². The molecule has 18 heavy (non-hydrogen) atoms. The number of rotatable bonds is 4. The molecular formula is C14H24N4. The zero-order valence-corrected chi connectivity index (χ0v) is 11.7. The van der Waals surface area contributed by atoms with E-state index >= 15 is 0 Å². The van der Waals surface area contributed by atoms with Gasteiger partial charge in [-0.25, -0.2) is 4.98 Å². The van der Waals surface area contributed by atoms with Gasteiger partial charge in [0.15, 0.2) is 0 Å². The van der Waals surface area contributed by atoms with Crippen molar-refractivity contribution in [2.45, 2.75) is 45.1 Å². The normalized spacial score (nSPS) is 23.7. The van der Waals surface area contributed by atoms with E-state index in [1.807, 2.05) is 13.2 Å². The maximum Gasteiger partial charge on any atom is 0.149 e. The molecule has 0 aliphatic heterocycles. The molecule has 0 radical (unpaired) electrons. The molecule has 1 fully saturated rings. The summed E-state index contributed by atoms with van der Waals surface area (Å²) in [6.07, 6.45) is 10.2. The summed E-state index contributed by atoms with van der Waals surface area (Å²) >= 11 is 0. The summed E-state index contributed by atoms with van der Waals surface area (Å²) < 4.78 is 0. The van der Waals surface area contributed by atoms with Crippen LogP contribution in [0, 0.1) is 5.92 Å².